The molecule has 3 rings (SSSR count). The normalized spacial score (nSPS) is 17.1. The molecule has 0 saturated carbocycles. The maximum atomic E-state index is 12.8. The number of hydrogen-bond donors (Lipinski definition) is 1. The maximum absolute atomic E-state index is 12.8. The zero-order chi connectivity index (χ0) is 15.7. The van der Waals surface area contributed by atoms with Crippen LogP contribution >= 0.6 is 11.3 Å². The quantitative estimate of drug-likeness (QED) is 0.941. The van der Waals surface area contributed by atoms with Crippen LogP contribution in [-0.4, -0.2) is 28.4 Å². The highest BCUT2D eigenvalue weighted by atomic mass is 32.1. The molecule has 1 amide bonds. The number of carbonyl (C=O) groups excluding carboxylic acids is 1. The highest BCUT2D eigenvalue weighted by Crippen LogP contribution is 2.35. The summed E-state index contributed by atoms with van der Waals surface area (Å²) < 4.78 is 0. The summed E-state index contributed by atoms with van der Waals surface area (Å²) >= 11 is 1.76. The van der Waals surface area contributed by atoms with Crippen LogP contribution in [-0.2, 0) is 6.42 Å². The van der Waals surface area contributed by atoms with Crippen molar-refractivity contribution in [2.45, 2.75) is 25.8 Å². The first-order valence-corrected chi connectivity index (χ1v) is 8.20. The van der Waals surface area contributed by atoms with E-state index in [-0.39, 0.29) is 17.5 Å². The van der Waals surface area contributed by atoms with E-state index in [0.717, 1.165) is 12.8 Å². The standard InChI is InChI=1S/C17H17NO3S/c1-2-14-13-8-10-22-15(13)7-9-18(14)16(19)11-3-5-12(6-4-11)17(20)21/h3-6,8,10,14H,2,7,9H2,1H3,(H,20,21). The Morgan fingerprint density at radius 1 is 1.23 bits per heavy atom. The Kier molecular flexibility index (Phi) is 3.98. The summed E-state index contributed by atoms with van der Waals surface area (Å²) in [5.74, 6) is -1.01. The Balaban J connectivity index is 1.87. The first-order valence-electron chi connectivity index (χ1n) is 7.32. The molecule has 0 radical (unpaired) electrons. The van der Waals surface area contributed by atoms with Crippen LogP contribution in [0.4, 0.5) is 0 Å². The van der Waals surface area contributed by atoms with Crippen LogP contribution in [0.1, 0.15) is 50.5 Å². The van der Waals surface area contributed by atoms with Crippen LogP contribution < -0.4 is 0 Å². The fraction of sp³-hybridized carbons (Fsp3) is 0.294. The highest BCUT2D eigenvalue weighted by Gasteiger charge is 2.30. The second kappa shape index (κ2) is 5.93. The van der Waals surface area contributed by atoms with Gasteiger partial charge in [-0.1, -0.05) is 6.92 Å². The van der Waals surface area contributed by atoms with Gasteiger partial charge in [0.25, 0.3) is 5.91 Å². The summed E-state index contributed by atoms with van der Waals surface area (Å²) in [4.78, 5) is 26.9. The van der Waals surface area contributed by atoms with Crippen molar-refractivity contribution in [2.24, 2.45) is 0 Å². The lowest BCUT2D eigenvalue weighted by molar-refractivity contribution is 0.0653. The molecule has 0 aliphatic carbocycles. The van der Waals surface area contributed by atoms with E-state index in [1.54, 1.807) is 23.5 Å². The van der Waals surface area contributed by atoms with E-state index in [4.69, 9.17) is 5.11 Å². The Morgan fingerprint density at radius 2 is 1.91 bits per heavy atom. The molecule has 22 heavy (non-hydrogen) atoms. The lowest BCUT2D eigenvalue weighted by Gasteiger charge is -2.35. The van der Waals surface area contributed by atoms with Gasteiger partial charge in [0.2, 0.25) is 0 Å². The number of rotatable bonds is 3. The van der Waals surface area contributed by atoms with Crippen LogP contribution in [0.25, 0.3) is 0 Å². The molecule has 1 atom stereocenters. The Morgan fingerprint density at radius 3 is 2.55 bits per heavy atom. The molecule has 0 fully saturated rings. The molecule has 114 valence electrons. The van der Waals surface area contributed by atoms with Crippen molar-refractivity contribution in [1.29, 1.82) is 0 Å². The predicted octanol–water partition coefficient (Wildman–Crippen LogP) is 3.60. The van der Waals surface area contributed by atoms with E-state index in [1.165, 1.54) is 22.6 Å². The molecule has 1 N–H and O–H groups in total. The van der Waals surface area contributed by atoms with Gasteiger partial charge in [-0.15, -0.1) is 11.3 Å². The van der Waals surface area contributed by atoms with Gasteiger partial charge < -0.3 is 10.0 Å². The molecule has 1 unspecified atom stereocenters. The minimum absolute atomic E-state index is 0.0272. The number of carboxylic acid groups (broad SMARTS) is 1. The van der Waals surface area contributed by atoms with Crippen molar-refractivity contribution in [3.63, 3.8) is 0 Å². The largest absolute Gasteiger partial charge is 0.478 e. The summed E-state index contributed by atoms with van der Waals surface area (Å²) in [6, 6.07) is 8.39. The smallest absolute Gasteiger partial charge is 0.335 e. The molecule has 4 nitrogen and oxygen atoms in total. The molecule has 2 aromatic rings. The summed E-state index contributed by atoms with van der Waals surface area (Å²) in [6.45, 7) is 2.80. The minimum Gasteiger partial charge on any atom is -0.478 e. The van der Waals surface area contributed by atoms with Crippen LogP contribution in [0.5, 0.6) is 0 Å². The van der Waals surface area contributed by atoms with Gasteiger partial charge in [0, 0.05) is 17.0 Å². The third-order valence-corrected chi connectivity index (χ3v) is 5.12. The molecule has 0 saturated heterocycles. The van der Waals surface area contributed by atoms with E-state index < -0.39 is 5.97 Å². The van der Waals surface area contributed by atoms with Gasteiger partial charge in [-0.05, 0) is 54.1 Å². The highest BCUT2D eigenvalue weighted by molar-refractivity contribution is 7.10. The number of thiophene rings is 1. The summed E-state index contributed by atoms with van der Waals surface area (Å²) in [5.41, 5.74) is 2.00. The third kappa shape index (κ3) is 2.52. The number of nitrogens with zero attached hydrogens (tertiary/aromatic N) is 1. The van der Waals surface area contributed by atoms with E-state index in [0.29, 0.717) is 12.1 Å². The number of carboxylic acids is 1. The molecule has 2 heterocycles. The molecular formula is C17H17NO3S. The van der Waals surface area contributed by atoms with Gasteiger partial charge >= 0.3 is 5.97 Å². The number of fused-ring (bicyclic) bond motifs is 1. The van der Waals surface area contributed by atoms with E-state index >= 15 is 0 Å². The third-order valence-electron chi connectivity index (χ3n) is 4.12. The summed E-state index contributed by atoms with van der Waals surface area (Å²) in [6.07, 6.45) is 1.77. The Labute approximate surface area is 133 Å². The van der Waals surface area contributed by atoms with Gasteiger partial charge in [-0.3, -0.25) is 4.79 Å². The number of benzene rings is 1. The molecule has 0 spiro atoms. The van der Waals surface area contributed by atoms with Gasteiger partial charge in [0.15, 0.2) is 0 Å². The van der Waals surface area contributed by atoms with Crippen molar-refractivity contribution in [3.8, 4) is 0 Å². The Bertz CT molecular complexity index is 705. The van der Waals surface area contributed by atoms with Gasteiger partial charge in [-0.2, -0.15) is 0 Å². The maximum Gasteiger partial charge on any atom is 0.335 e. The van der Waals surface area contributed by atoms with E-state index in [1.807, 2.05) is 4.90 Å². The Hall–Kier alpha value is -2.14. The van der Waals surface area contributed by atoms with Gasteiger partial charge in [0.1, 0.15) is 0 Å². The summed E-state index contributed by atoms with van der Waals surface area (Å²) in [5, 5.41) is 11.0. The zero-order valence-electron chi connectivity index (χ0n) is 12.3. The van der Waals surface area contributed by atoms with Crippen molar-refractivity contribution < 1.29 is 14.7 Å². The van der Waals surface area contributed by atoms with E-state index in [9.17, 15) is 9.59 Å². The van der Waals surface area contributed by atoms with Gasteiger partial charge in [-0.25, -0.2) is 4.79 Å². The second-order valence-electron chi connectivity index (χ2n) is 5.35. The SMILES string of the molecule is CCC1c2ccsc2CCN1C(=O)c1ccc(C(=O)O)cc1. The van der Waals surface area contributed by atoms with Crippen molar-refractivity contribution >= 4 is 23.2 Å². The molecule has 1 aliphatic rings. The molecule has 0 bridgehead atoms. The number of carbonyl (C=O) groups is 2. The van der Waals surface area contributed by atoms with Crippen molar-refractivity contribution in [3.05, 3.63) is 57.3 Å². The molecular weight excluding hydrogens is 298 g/mol. The lowest BCUT2D eigenvalue weighted by Crippen LogP contribution is -2.39. The lowest BCUT2D eigenvalue weighted by atomic mass is 9.96. The first-order chi connectivity index (χ1) is 10.6. The molecule has 1 aromatic carbocycles. The number of hydrogen-bond acceptors (Lipinski definition) is 3. The van der Waals surface area contributed by atoms with Crippen LogP contribution in [0, 0.1) is 0 Å². The minimum atomic E-state index is -0.980. The van der Waals surface area contributed by atoms with Crippen LogP contribution in [0.15, 0.2) is 35.7 Å². The molecule has 1 aromatic heterocycles. The average molecular weight is 315 g/mol. The number of aromatic carboxylic acids is 1. The topological polar surface area (TPSA) is 57.6 Å². The van der Waals surface area contributed by atoms with Crippen molar-refractivity contribution in [2.75, 3.05) is 6.54 Å². The number of amides is 1. The predicted molar refractivity (Wildman–Crippen MR) is 85.5 cm³/mol. The molecule has 5 heteroatoms. The van der Waals surface area contributed by atoms with Crippen LogP contribution in [0.2, 0.25) is 0 Å². The molecule has 1 aliphatic heterocycles. The first kappa shape index (κ1) is 14.8. The van der Waals surface area contributed by atoms with Crippen molar-refractivity contribution in [1.82, 2.24) is 4.90 Å². The monoisotopic (exact) mass is 315 g/mol. The van der Waals surface area contributed by atoms with Gasteiger partial charge in [0.05, 0.1) is 11.6 Å². The zero-order valence-corrected chi connectivity index (χ0v) is 13.1. The summed E-state index contributed by atoms with van der Waals surface area (Å²) in [7, 11) is 0. The van der Waals surface area contributed by atoms with E-state index in [2.05, 4.69) is 18.4 Å². The second-order valence-corrected chi connectivity index (χ2v) is 6.35. The fourth-order valence-corrected chi connectivity index (χ4v) is 3.93. The fourth-order valence-electron chi connectivity index (χ4n) is 3.00. The van der Waals surface area contributed by atoms with Crippen LogP contribution in [0.3, 0.4) is 0 Å². The average Bonchev–Trinajstić information content (AvgIpc) is 3.01.